The van der Waals surface area contributed by atoms with Gasteiger partial charge >= 0.3 is 6.03 Å². The molecule has 2 aromatic carbocycles. The first-order valence-electron chi connectivity index (χ1n) is 8.92. The molecule has 0 unspecified atom stereocenters. The zero-order chi connectivity index (χ0) is 22.1. The van der Waals surface area contributed by atoms with Crippen LogP contribution < -0.4 is 15.3 Å². The second-order valence-corrected chi connectivity index (χ2v) is 7.42. The van der Waals surface area contributed by atoms with Gasteiger partial charge in [0, 0.05) is 10.0 Å². The fourth-order valence-electron chi connectivity index (χ4n) is 3.01. The van der Waals surface area contributed by atoms with E-state index in [1.165, 1.54) is 18.2 Å². The van der Waals surface area contributed by atoms with Crippen molar-refractivity contribution in [1.82, 2.24) is 5.32 Å². The van der Waals surface area contributed by atoms with Crippen molar-refractivity contribution in [3.8, 4) is 11.3 Å². The summed E-state index contributed by atoms with van der Waals surface area (Å²) in [5, 5.41) is 13.0. The van der Waals surface area contributed by atoms with E-state index < -0.39 is 23.8 Å². The number of nitrogens with zero attached hydrogens (tertiary/aromatic N) is 1. The van der Waals surface area contributed by atoms with Gasteiger partial charge in [-0.25, -0.2) is 9.69 Å². The summed E-state index contributed by atoms with van der Waals surface area (Å²) in [5.74, 6) is -2.30. The number of imide groups is 2. The quantitative estimate of drug-likeness (QED) is 0.453. The van der Waals surface area contributed by atoms with E-state index >= 15 is 0 Å². The number of barbiturate groups is 1. The summed E-state index contributed by atoms with van der Waals surface area (Å²) in [6.45, 7) is 0. The maximum Gasteiger partial charge on any atom is 0.335 e. The Balaban J connectivity index is 1.64. The Labute approximate surface area is 183 Å². The van der Waals surface area contributed by atoms with Gasteiger partial charge in [-0.05, 0) is 42.0 Å². The molecular weight excluding hydrogens is 468 g/mol. The average molecular weight is 480 g/mol. The number of carbonyl (C=O) groups excluding carboxylic acids is 4. The number of hydrogen-bond donors (Lipinski definition) is 1. The second-order valence-electron chi connectivity index (χ2n) is 6.50. The SMILES string of the molecule is O=C1NC(=O)N(c2cccc(Br)c2)C(=O)/C1=C/c1ccc(-c2ccc(C(=O)[O-])cc2)o1. The van der Waals surface area contributed by atoms with Crippen LogP contribution in [0.15, 0.2) is 75.1 Å². The molecule has 0 atom stereocenters. The molecule has 4 amide bonds. The summed E-state index contributed by atoms with van der Waals surface area (Å²) in [6.07, 6.45) is 1.24. The molecule has 9 heteroatoms. The van der Waals surface area contributed by atoms with Gasteiger partial charge in [0.15, 0.2) is 0 Å². The van der Waals surface area contributed by atoms with E-state index in [0.29, 0.717) is 21.5 Å². The van der Waals surface area contributed by atoms with Crippen molar-refractivity contribution in [1.29, 1.82) is 0 Å². The van der Waals surface area contributed by atoms with Crippen molar-refractivity contribution in [2.24, 2.45) is 0 Å². The predicted molar refractivity (Wildman–Crippen MR) is 112 cm³/mol. The number of anilines is 1. The van der Waals surface area contributed by atoms with Crippen molar-refractivity contribution in [2.45, 2.75) is 0 Å². The third kappa shape index (κ3) is 4.03. The molecule has 31 heavy (non-hydrogen) atoms. The molecule has 1 saturated heterocycles. The highest BCUT2D eigenvalue weighted by Crippen LogP contribution is 2.27. The summed E-state index contributed by atoms with van der Waals surface area (Å²) >= 11 is 3.28. The average Bonchev–Trinajstić information content (AvgIpc) is 3.20. The molecule has 3 aromatic rings. The van der Waals surface area contributed by atoms with E-state index in [2.05, 4.69) is 21.2 Å². The number of nitrogens with one attached hydrogen (secondary N) is 1. The lowest BCUT2D eigenvalue weighted by molar-refractivity contribution is -0.255. The van der Waals surface area contributed by atoms with Crippen LogP contribution in [0.2, 0.25) is 0 Å². The summed E-state index contributed by atoms with van der Waals surface area (Å²) in [6, 6.07) is 14.7. The number of carboxylic acid groups (broad SMARTS) is 1. The number of furan rings is 1. The third-order valence-corrected chi connectivity index (χ3v) is 4.98. The van der Waals surface area contributed by atoms with Gasteiger partial charge in [-0.2, -0.15) is 0 Å². The van der Waals surface area contributed by atoms with Crippen LogP contribution in [-0.4, -0.2) is 23.8 Å². The van der Waals surface area contributed by atoms with Gasteiger partial charge in [0.25, 0.3) is 11.8 Å². The van der Waals surface area contributed by atoms with Crippen molar-refractivity contribution in [3.05, 3.63) is 82.0 Å². The van der Waals surface area contributed by atoms with Crippen molar-refractivity contribution in [2.75, 3.05) is 4.90 Å². The first-order valence-corrected chi connectivity index (χ1v) is 9.71. The normalized spacial score (nSPS) is 15.3. The Morgan fingerprint density at radius 1 is 1.03 bits per heavy atom. The van der Waals surface area contributed by atoms with Crippen LogP contribution in [0, 0.1) is 0 Å². The molecule has 0 bridgehead atoms. The molecule has 8 nitrogen and oxygen atoms in total. The number of urea groups is 1. The molecule has 2 heterocycles. The standard InChI is InChI=1S/C22H13BrN2O6/c23-14-2-1-3-15(10-14)25-20(27)17(19(26)24-22(25)30)11-16-8-9-18(31-16)12-4-6-13(7-5-12)21(28)29/h1-11H,(H,28,29)(H,24,26,30)/p-1/b17-11+. The van der Waals surface area contributed by atoms with E-state index in [0.717, 1.165) is 4.90 Å². The van der Waals surface area contributed by atoms with Crippen LogP contribution in [0.5, 0.6) is 0 Å². The minimum absolute atomic E-state index is 0.0272. The first kappa shape index (κ1) is 20.3. The summed E-state index contributed by atoms with van der Waals surface area (Å²) in [7, 11) is 0. The first-order chi connectivity index (χ1) is 14.8. The molecule has 1 aromatic heterocycles. The molecule has 1 fully saturated rings. The molecule has 1 aliphatic rings. The highest BCUT2D eigenvalue weighted by Gasteiger charge is 2.37. The predicted octanol–water partition coefficient (Wildman–Crippen LogP) is 2.74. The summed E-state index contributed by atoms with van der Waals surface area (Å²) in [5.41, 5.74) is 0.649. The number of carbonyl (C=O) groups is 4. The fourth-order valence-corrected chi connectivity index (χ4v) is 3.39. The lowest BCUT2D eigenvalue weighted by Gasteiger charge is -2.26. The molecule has 0 saturated carbocycles. The van der Waals surface area contributed by atoms with E-state index in [9.17, 15) is 24.3 Å². The fraction of sp³-hybridized carbons (Fsp3) is 0. The van der Waals surface area contributed by atoms with Gasteiger partial charge in [-0.3, -0.25) is 14.9 Å². The van der Waals surface area contributed by atoms with E-state index in [1.54, 1.807) is 48.5 Å². The highest BCUT2D eigenvalue weighted by atomic mass is 79.9. The summed E-state index contributed by atoms with van der Waals surface area (Å²) < 4.78 is 6.33. The van der Waals surface area contributed by atoms with Crippen LogP contribution in [-0.2, 0) is 9.59 Å². The number of rotatable bonds is 4. The topological polar surface area (TPSA) is 120 Å². The van der Waals surface area contributed by atoms with Gasteiger partial charge < -0.3 is 14.3 Å². The maximum atomic E-state index is 12.9. The molecule has 154 valence electrons. The molecular formula is C22H12BrN2O6-. The zero-order valence-corrected chi connectivity index (χ0v) is 17.2. The monoisotopic (exact) mass is 479 g/mol. The number of carboxylic acids is 1. The number of hydrogen-bond acceptors (Lipinski definition) is 6. The largest absolute Gasteiger partial charge is 0.545 e. The van der Waals surface area contributed by atoms with Gasteiger partial charge in [-0.15, -0.1) is 0 Å². The molecule has 1 N–H and O–H groups in total. The Bertz CT molecular complexity index is 1260. The van der Waals surface area contributed by atoms with Crippen LogP contribution in [0.25, 0.3) is 17.4 Å². The Kier molecular flexibility index (Phi) is 5.26. The number of halogens is 1. The number of amides is 4. The summed E-state index contributed by atoms with van der Waals surface area (Å²) in [4.78, 5) is 49.2. The molecule has 0 aliphatic carbocycles. The van der Waals surface area contributed by atoms with Gasteiger partial charge in [-0.1, -0.05) is 46.3 Å². The molecule has 1 aliphatic heterocycles. The second kappa shape index (κ2) is 8.04. The molecule has 0 radical (unpaired) electrons. The van der Waals surface area contributed by atoms with Crippen molar-refractivity contribution in [3.63, 3.8) is 0 Å². The smallest absolute Gasteiger partial charge is 0.335 e. The lowest BCUT2D eigenvalue weighted by Crippen LogP contribution is -2.54. The van der Waals surface area contributed by atoms with Gasteiger partial charge in [0.2, 0.25) is 0 Å². The number of aromatic carboxylic acids is 1. The highest BCUT2D eigenvalue weighted by molar-refractivity contribution is 9.10. The van der Waals surface area contributed by atoms with E-state index in [-0.39, 0.29) is 16.9 Å². The minimum atomic E-state index is -1.29. The Morgan fingerprint density at radius 3 is 2.45 bits per heavy atom. The third-order valence-electron chi connectivity index (χ3n) is 4.49. The van der Waals surface area contributed by atoms with Crippen LogP contribution >= 0.6 is 15.9 Å². The van der Waals surface area contributed by atoms with E-state index in [1.807, 2.05) is 0 Å². The Hall–Kier alpha value is -3.98. The van der Waals surface area contributed by atoms with E-state index in [4.69, 9.17) is 4.42 Å². The zero-order valence-electron chi connectivity index (χ0n) is 15.6. The van der Waals surface area contributed by atoms with Crippen molar-refractivity contribution >= 4 is 51.5 Å². The minimum Gasteiger partial charge on any atom is -0.545 e. The van der Waals surface area contributed by atoms with Crippen LogP contribution in [0.1, 0.15) is 16.1 Å². The van der Waals surface area contributed by atoms with Crippen molar-refractivity contribution < 1.29 is 28.7 Å². The molecule has 4 rings (SSSR count). The van der Waals surface area contributed by atoms with Gasteiger partial charge in [0.05, 0.1) is 11.7 Å². The number of benzene rings is 2. The van der Waals surface area contributed by atoms with Crippen LogP contribution in [0.4, 0.5) is 10.5 Å². The molecule has 0 spiro atoms. The van der Waals surface area contributed by atoms with Crippen LogP contribution in [0.3, 0.4) is 0 Å². The lowest BCUT2D eigenvalue weighted by atomic mass is 10.1. The maximum absolute atomic E-state index is 12.9. The van der Waals surface area contributed by atoms with Gasteiger partial charge in [0.1, 0.15) is 17.1 Å². The Morgan fingerprint density at radius 2 is 1.77 bits per heavy atom.